The largest absolute Gasteiger partial charge is 0.478 e. The van der Waals surface area contributed by atoms with E-state index in [0.717, 1.165) is 4.90 Å². The van der Waals surface area contributed by atoms with Crippen molar-refractivity contribution >= 4 is 34.2 Å². The van der Waals surface area contributed by atoms with Gasteiger partial charge >= 0.3 is 5.97 Å². The summed E-state index contributed by atoms with van der Waals surface area (Å²) in [6.07, 6.45) is 0. The number of hydrogen-bond donors (Lipinski definition) is 1. The molecule has 0 aromatic heterocycles. The molecule has 0 saturated heterocycles. The Hall–Kier alpha value is -3.47. The van der Waals surface area contributed by atoms with Gasteiger partial charge in [0.25, 0.3) is 11.8 Å². The molecule has 3 aromatic carbocycles. The summed E-state index contributed by atoms with van der Waals surface area (Å²) in [5.41, 5.74) is 2.07. The zero-order chi connectivity index (χ0) is 17.7. The van der Waals surface area contributed by atoms with Gasteiger partial charge < -0.3 is 5.11 Å². The first kappa shape index (κ1) is 15.1. The van der Waals surface area contributed by atoms with Crippen LogP contribution in [0.4, 0.5) is 5.69 Å². The molecule has 1 aliphatic heterocycles. The van der Waals surface area contributed by atoms with Crippen molar-refractivity contribution in [2.75, 3.05) is 4.90 Å². The average Bonchev–Trinajstić information content (AvgIpc) is 2.85. The van der Waals surface area contributed by atoms with Crippen LogP contribution in [0.2, 0.25) is 0 Å². The third-order valence-electron chi connectivity index (χ3n) is 4.48. The Morgan fingerprint density at radius 2 is 1.56 bits per heavy atom. The maximum absolute atomic E-state index is 12.6. The van der Waals surface area contributed by atoms with E-state index >= 15 is 0 Å². The second-order valence-corrected chi connectivity index (χ2v) is 5.96. The number of benzene rings is 3. The number of rotatable bonds is 2. The van der Waals surface area contributed by atoms with E-state index in [2.05, 4.69) is 0 Å². The predicted molar refractivity (Wildman–Crippen MR) is 93.2 cm³/mol. The van der Waals surface area contributed by atoms with Crippen molar-refractivity contribution in [2.24, 2.45) is 0 Å². The van der Waals surface area contributed by atoms with E-state index in [1.165, 1.54) is 0 Å². The summed E-state index contributed by atoms with van der Waals surface area (Å²) in [5.74, 6) is -1.74. The van der Waals surface area contributed by atoms with Crippen molar-refractivity contribution in [3.63, 3.8) is 0 Å². The zero-order valence-corrected chi connectivity index (χ0v) is 13.3. The monoisotopic (exact) mass is 331 g/mol. The van der Waals surface area contributed by atoms with Crippen LogP contribution in [-0.4, -0.2) is 22.9 Å². The molecule has 1 aliphatic rings. The average molecular weight is 331 g/mol. The molecule has 1 heterocycles. The van der Waals surface area contributed by atoms with Crippen LogP contribution < -0.4 is 4.90 Å². The molecule has 4 rings (SSSR count). The minimum atomic E-state index is -1.00. The van der Waals surface area contributed by atoms with E-state index in [4.69, 9.17) is 0 Å². The molecule has 25 heavy (non-hydrogen) atoms. The Morgan fingerprint density at radius 1 is 0.920 bits per heavy atom. The van der Waals surface area contributed by atoms with Gasteiger partial charge in [0, 0.05) is 0 Å². The molecule has 0 spiro atoms. The highest BCUT2D eigenvalue weighted by Gasteiger charge is 2.36. The van der Waals surface area contributed by atoms with E-state index in [0.29, 0.717) is 33.2 Å². The van der Waals surface area contributed by atoms with Crippen LogP contribution in [0.15, 0.2) is 54.6 Å². The van der Waals surface area contributed by atoms with Crippen LogP contribution in [-0.2, 0) is 0 Å². The first-order valence-corrected chi connectivity index (χ1v) is 7.73. The highest BCUT2D eigenvalue weighted by molar-refractivity contribution is 6.34. The molecule has 0 atom stereocenters. The molecule has 0 aliphatic carbocycles. The Labute approximate surface area is 143 Å². The number of carboxylic acids is 1. The molecule has 3 aromatic rings. The zero-order valence-electron chi connectivity index (χ0n) is 13.3. The number of aromatic carboxylic acids is 1. The number of carbonyl (C=O) groups is 3. The first-order valence-electron chi connectivity index (χ1n) is 7.73. The van der Waals surface area contributed by atoms with Gasteiger partial charge in [-0.1, -0.05) is 30.3 Å². The number of carboxylic acid groups (broad SMARTS) is 1. The fourth-order valence-electron chi connectivity index (χ4n) is 3.27. The van der Waals surface area contributed by atoms with E-state index in [1.54, 1.807) is 61.5 Å². The van der Waals surface area contributed by atoms with Crippen LogP contribution in [0.1, 0.15) is 36.6 Å². The predicted octanol–water partition coefficient (Wildman–Crippen LogP) is 3.65. The van der Waals surface area contributed by atoms with Gasteiger partial charge in [-0.3, -0.25) is 9.59 Å². The molecule has 0 fully saturated rings. The molecule has 2 amide bonds. The Morgan fingerprint density at radius 3 is 2.16 bits per heavy atom. The summed E-state index contributed by atoms with van der Waals surface area (Å²) in [7, 11) is 0. The molecule has 5 nitrogen and oxygen atoms in total. The molecule has 5 heteroatoms. The summed E-state index contributed by atoms with van der Waals surface area (Å²) in [4.78, 5) is 37.8. The molecular weight excluding hydrogens is 318 g/mol. The second kappa shape index (κ2) is 5.27. The van der Waals surface area contributed by atoms with Gasteiger partial charge in [-0.25, -0.2) is 9.69 Å². The van der Waals surface area contributed by atoms with Gasteiger partial charge in [0.15, 0.2) is 0 Å². The number of nitrogens with zero attached hydrogens (tertiary/aromatic N) is 1. The van der Waals surface area contributed by atoms with Crippen LogP contribution >= 0.6 is 0 Å². The van der Waals surface area contributed by atoms with Crippen LogP contribution in [0.25, 0.3) is 10.8 Å². The number of hydrogen-bond acceptors (Lipinski definition) is 3. The lowest BCUT2D eigenvalue weighted by atomic mass is 9.99. The molecule has 0 unspecified atom stereocenters. The minimum absolute atomic E-state index is 0.228. The highest BCUT2D eigenvalue weighted by atomic mass is 16.4. The van der Waals surface area contributed by atoms with Crippen LogP contribution in [0, 0.1) is 6.92 Å². The molecule has 0 bridgehead atoms. The van der Waals surface area contributed by atoms with Gasteiger partial charge in [-0.2, -0.15) is 0 Å². The number of carbonyl (C=O) groups excluding carboxylic acids is 2. The van der Waals surface area contributed by atoms with Gasteiger partial charge in [0.1, 0.15) is 0 Å². The summed E-state index contributed by atoms with van der Waals surface area (Å²) < 4.78 is 0. The van der Waals surface area contributed by atoms with Crippen LogP contribution in [0.5, 0.6) is 0 Å². The second-order valence-electron chi connectivity index (χ2n) is 5.96. The number of imide groups is 1. The van der Waals surface area contributed by atoms with Crippen molar-refractivity contribution in [3.8, 4) is 0 Å². The van der Waals surface area contributed by atoms with Gasteiger partial charge in [0.05, 0.1) is 22.4 Å². The third kappa shape index (κ3) is 2.13. The fourth-order valence-corrected chi connectivity index (χ4v) is 3.27. The molecule has 0 saturated carbocycles. The summed E-state index contributed by atoms with van der Waals surface area (Å²) >= 11 is 0. The van der Waals surface area contributed by atoms with E-state index in [1.807, 2.05) is 0 Å². The fraction of sp³-hybridized carbons (Fsp3) is 0.0500. The number of fused-ring (bicyclic) bond motifs is 2. The van der Waals surface area contributed by atoms with Crippen LogP contribution in [0.3, 0.4) is 0 Å². The molecular formula is C20H13NO4. The Balaban J connectivity index is 1.87. The summed E-state index contributed by atoms with van der Waals surface area (Å²) in [5, 5.41) is 10.7. The first-order chi connectivity index (χ1) is 12.0. The molecule has 1 N–H and O–H groups in total. The lowest BCUT2D eigenvalue weighted by Gasteiger charge is -2.15. The van der Waals surface area contributed by atoms with Crippen molar-refractivity contribution in [3.05, 3.63) is 76.9 Å². The third-order valence-corrected chi connectivity index (χ3v) is 4.48. The standard InChI is InChI=1S/C20H13NO4/c1-11-6-7-12-10-13(8-9-14(12)17(11)20(24)25)21-18(22)15-4-2-3-5-16(15)19(21)23/h2-10H,1H3,(H,24,25). The lowest BCUT2D eigenvalue weighted by molar-refractivity contribution is 0.0697. The minimum Gasteiger partial charge on any atom is -0.478 e. The number of aryl methyl sites for hydroxylation is 1. The lowest BCUT2D eigenvalue weighted by Crippen LogP contribution is -2.29. The topological polar surface area (TPSA) is 74.7 Å². The van der Waals surface area contributed by atoms with Gasteiger partial charge in [-0.05, 0) is 47.5 Å². The maximum atomic E-state index is 12.6. The highest BCUT2D eigenvalue weighted by Crippen LogP contribution is 2.32. The molecule has 0 radical (unpaired) electrons. The maximum Gasteiger partial charge on any atom is 0.336 e. The SMILES string of the molecule is Cc1ccc2cc(N3C(=O)c4ccccc4C3=O)ccc2c1C(=O)O. The Kier molecular flexibility index (Phi) is 3.18. The van der Waals surface area contributed by atoms with Gasteiger partial charge in [0.2, 0.25) is 0 Å². The Bertz CT molecular complexity index is 1050. The number of amides is 2. The van der Waals surface area contributed by atoms with Crippen molar-refractivity contribution in [1.29, 1.82) is 0 Å². The summed E-state index contributed by atoms with van der Waals surface area (Å²) in [6.45, 7) is 1.74. The van der Waals surface area contributed by atoms with Crippen molar-refractivity contribution in [1.82, 2.24) is 0 Å². The normalized spacial score (nSPS) is 13.4. The smallest absolute Gasteiger partial charge is 0.336 e. The number of anilines is 1. The van der Waals surface area contributed by atoms with E-state index in [-0.39, 0.29) is 17.4 Å². The van der Waals surface area contributed by atoms with Crippen molar-refractivity contribution < 1.29 is 19.5 Å². The van der Waals surface area contributed by atoms with Gasteiger partial charge in [-0.15, -0.1) is 0 Å². The van der Waals surface area contributed by atoms with E-state index < -0.39 is 5.97 Å². The quantitative estimate of drug-likeness (QED) is 0.727. The summed E-state index contributed by atoms with van der Waals surface area (Å²) in [6, 6.07) is 15.1. The molecule has 122 valence electrons. The van der Waals surface area contributed by atoms with Crippen molar-refractivity contribution in [2.45, 2.75) is 6.92 Å². The van der Waals surface area contributed by atoms with E-state index in [9.17, 15) is 19.5 Å².